The molecule has 0 aliphatic heterocycles. The van der Waals surface area contributed by atoms with Crippen molar-refractivity contribution in [2.75, 3.05) is 7.11 Å². The standard InChI is InChI=1S/C14H13IO/c1-10-13(4-3-5-14(10)15)11-6-8-12(16-2)9-7-11/h3-9H,1-2H3. The number of hydrogen-bond acceptors (Lipinski definition) is 1. The van der Waals surface area contributed by atoms with E-state index in [-0.39, 0.29) is 0 Å². The van der Waals surface area contributed by atoms with Crippen LogP contribution in [0.15, 0.2) is 42.5 Å². The molecule has 0 fully saturated rings. The maximum Gasteiger partial charge on any atom is 0.118 e. The Morgan fingerprint density at radius 3 is 2.31 bits per heavy atom. The van der Waals surface area contributed by atoms with Crippen LogP contribution < -0.4 is 4.74 Å². The molecule has 0 bridgehead atoms. The van der Waals surface area contributed by atoms with Crippen molar-refractivity contribution in [3.63, 3.8) is 0 Å². The monoisotopic (exact) mass is 324 g/mol. The zero-order valence-corrected chi connectivity index (χ0v) is 11.5. The molecule has 0 N–H and O–H groups in total. The predicted octanol–water partition coefficient (Wildman–Crippen LogP) is 4.28. The first-order valence-corrected chi connectivity index (χ1v) is 6.20. The highest BCUT2D eigenvalue weighted by atomic mass is 127. The van der Waals surface area contributed by atoms with Crippen LogP contribution in [0.25, 0.3) is 11.1 Å². The number of ether oxygens (including phenoxy) is 1. The zero-order valence-electron chi connectivity index (χ0n) is 9.33. The molecular weight excluding hydrogens is 311 g/mol. The van der Waals surface area contributed by atoms with Gasteiger partial charge in [-0.2, -0.15) is 0 Å². The minimum absolute atomic E-state index is 0.895. The van der Waals surface area contributed by atoms with Crippen molar-refractivity contribution < 1.29 is 4.74 Å². The van der Waals surface area contributed by atoms with Crippen LogP contribution in [0, 0.1) is 10.5 Å². The molecule has 0 aliphatic carbocycles. The van der Waals surface area contributed by atoms with Crippen LogP contribution in [0.3, 0.4) is 0 Å². The second-order valence-corrected chi connectivity index (χ2v) is 4.80. The van der Waals surface area contributed by atoms with Crippen LogP contribution in [0.1, 0.15) is 5.56 Å². The van der Waals surface area contributed by atoms with Gasteiger partial charge in [-0.05, 0) is 64.4 Å². The van der Waals surface area contributed by atoms with Crippen LogP contribution in [0.2, 0.25) is 0 Å². The number of methoxy groups -OCH3 is 1. The summed E-state index contributed by atoms with van der Waals surface area (Å²) in [5, 5.41) is 0. The summed E-state index contributed by atoms with van der Waals surface area (Å²) in [7, 11) is 1.69. The van der Waals surface area contributed by atoms with Crippen molar-refractivity contribution in [3.8, 4) is 16.9 Å². The van der Waals surface area contributed by atoms with Gasteiger partial charge in [0.15, 0.2) is 0 Å². The van der Waals surface area contributed by atoms with E-state index in [4.69, 9.17) is 4.74 Å². The number of rotatable bonds is 2. The maximum absolute atomic E-state index is 5.16. The van der Waals surface area contributed by atoms with Crippen molar-refractivity contribution >= 4 is 22.6 Å². The van der Waals surface area contributed by atoms with Gasteiger partial charge < -0.3 is 4.74 Å². The summed E-state index contributed by atoms with van der Waals surface area (Å²) in [6.45, 7) is 2.15. The van der Waals surface area contributed by atoms with Crippen LogP contribution in [-0.2, 0) is 0 Å². The molecule has 0 spiro atoms. The molecular formula is C14H13IO. The van der Waals surface area contributed by atoms with Crippen molar-refractivity contribution in [3.05, 3.63) is 51.6 Å². The summed E-state index contributed by atoms with van der Waals surface area (Å²) >= 11 is 2.37. The van der Waals surface area contributed by atoms with Gasteiger partial charge >= 0.3 is 0 Å². The van der Waals surface area contributed by atoms with Crippen molar-refractivity contribution in [1.82, 2.24) is 0 Å². The second kappa shape index (κ2) is 4.87. The Kier molecular flexibility index (Phi) is 3.49. The number of hydrogen-bond donors (Lipinski definition) is 0. The third kappa shape index (κ3) is 2.21. The predicted molar refractivity (Wildman–Crippen MR) is 75.9 cm³/mol. The lowest BCUT2D eigenvalue weighted by Crippen LogP contribution is -1.87. The van der Waals surface area contributed by atoms with E-state index in [1.807, 2.05) is 12.1 Å². The van der Waals surface area contributed by atoms with Gasteiger partial charge in [-0.25, -0.2) is 0 Å². The van der Waals surface area contributed by atoms with Crippen molar-refractivity contribution in [1.29, 1.82) is 0 Å². The molecule has 0 aromatic heterocycles. The largest absolute Gasteiger partial charge is 0.497 e. The summed E-state index contributed by atoms with van der Waals surface area (Å²) in [5.41, 5.74) is 3.85. The van der Waals surface area contributed by atoms with Gasteiger partial charge in [0.1, 0.15) is 5.75 Å². The molecule has 1 nitrogen and oxygen atoms in total. The zero-order chi connectivity index (χ0) is 11.5. The average molecular weight is 324 g/mol. The topological polar surface area (TPSA) is 9.23 Å². The molecule has 0 unspecified atom stereocenters. The lowest BCUT2D eigenvalue weighted by Gasteiger charge is -2.08. The van der Waals surface area contributed by atoms with Crippen LogP contribution in [0.5, 0.6) is 5.75 Å². The smallest absolute Gasteiger partial charge is 0.118 e. The highest BCUT2D eigenvalue weighted by Crippen LogP contribution is 2.27. The van der Waals surface area contributed by atoms with Crippen LogP contribution >= 0.6 is 22.6 Å². The molecule has 2 rings (SSSR count). The highest BCUT2D eigenvalue weighted by molar-refractivity contribution is 14.1. The highest BCUT2D eigenvalue weighted by Gasteiger charge is 2.04. The molecule has 2 aromatic carbocycles. The first kappa shape index (κ1) is 11.5. The first-order chi connectivity index (χ1) is 7.72. The summed E-state index contributed by atoms with van der Waals surface area (Å²) in [6, 6.07) is 14.5. The minimum Gasteiger partial charge on any atom is -0.497 e. The van der Waals surface area contributed by atoms with E-state index in [0.717, 1.165) is 5.75 Å². The van der Waals surface area contributed by atoms with E-state index < -0.39 is 0 Å². The van der Waals surface area contributed by atoms with Gasteiger partial charge in [-0.3, -0.25) is 0 Å². The minimum atomic E-state index is 0.895. The second-order valence-electron chi connectivity index (χ2n) is 3.64. The van der Waals surface area contributed by atoms with E-state index >= 15 is 0 Å². The Morgan fingerprint density at radius 1 is 1.00 bits per heavy atom. The van der Waals surface area contributed by atoms with Crippen LogP contribution in [0.4, 0.5) is 0 Å². The molecule has 0 amide bonds. The molecule has 82 valence electrons. The van der Waals surface area contributed by atoms with Gasteiger partial charge in [0.05, 0.1) is 7.11 Å². The number of halogens is 1. The average Bonchev–Trinajstić information content (AvgIpc) is 2.33. The van der Waals surface area contributed by atoms with Gasteiger partial charge in [0, 0.05) is 3.57 Å². The first-order valence-electron chi connectivity index (χ1n) is 5.12. The Balaban J connectivity index is 2.46. The fourth-order valence-corrected chi connectivity index (χ4v) is 2.19. The molecule has 2 aromatic rings. The summed E-state index contributed by atoms with van der Waals surface area (Å²) in [5.74, 6) is 0.895. The van der Waals surface area contributed by atoms with E-state index in [0.29, 0.717) is 0 Å². The van der Waals surface area contributed by atoms with Gasteiger partial charge in [0.2, 0.25) is 0 Å². The molecule has 0 radical (unpaired) electrons. The van der Waals surface area contributed by atoms with E-state index in [2.05, 4.69) is 59.8 Å². The Labute approximate surface area is 110 Å². The third-order valence-corrected chi connectivity index (χ3v) is 3.84. The van der Waals surface area contributed by atoms with Crippen LogP contribution in [-0.4, -0.2) is 7.11 Å². The summed E-state index contributed by atoms with van der Waals surface area (Å²) < 4.78 is 6.45. The molecule has 0 saturated carbocycles. The lowest BCUT2D eigenvalue weighted by molar-refractivity contribution is 0.415. The number of benzene rings is 2. The third-order valence-electron chi connectivity index (χ3n) is 2.67. The fourth-order valence-electron chi connectivity index (χ4n) is 1.69. The van der Waals surface area contributed by atoms with Gasteiger partial charge in [0.25, 0.3) is 0 Å². The van der Waals surface area contributed by atoms with Crippen molar-refractivity contribution in [2.24, 2.45) is 0 Å². The van der Waals surface area contributed by atoms with Gasteiger partial charge in [-0.15, -0.1) is 0 Å². The van der Waals surface area contributed by atoms with E-state index in [1.165, 1.54) is 20.3 Å². The Morgan fingerprint density at radius 2 is 1.69 bits per heavy atom. The Bertz CT molecular complexity index is 489. The van der Waals surface area contributed by atoms with Gasteiger partial charge in [-0.1, -0.05) is 24.3 Å². The lowest BCUT2D eigenvalue weighted by atomic mass is 10.0. The molecule has 0 heterocycles. The quantitative estimate of drug-likeness (QED) is 0.750. The van der Waals surface area contributed by atoms with E-state index in [9.17, 15) is 0 Å². The maximum atomic E-state index is 5.16. The van der Waals surface area contributed by atoms with Crippen molar-refractivity contribution in [2.45, 2.75) is 6.92 Å². The fraction of sp³-hybridized carbons (Fsp3) is 0.143. The molecule has 2 heteroatoms. The summed E-state index contributed by atoms with van der Waals surface area (Å²) in [6.07, 6.45) is 0. The van der Waals surface area contributed by atoms with E-state index in [1.54, 1.807) is 7.11 Å². The SMILES string of the molecule is COc1ccc(-c2cccc(I)c2C)cc1. The normalized spacial score (nSPS) is 10.2. The molecule has 0 aliphatic rings. The molecule has 0 saturated heterocycles. The summed E-state index contributed by atoms with van der Waals surface area (Å²) in [4.78, 5) is 0. The Hall–Kier alpha value is -1.03. The molecule has 0 atom stereocenters. The molecule has 16 heavy (non-hydrogen) atoms.